The van der Waals surface area contributed by atoms with E-state index >= 15 is 0 Å². The SMILES string of the molecule is CCc1c(C(=O)/C=C/c2ccc(OCC(C)C)c(OC)c2)c(C)nc2ccccc12. The highest BCUT2D eigenvalue weighted by atomic mass is 16.5. The van der Waals surface area contributed by atoms with Crippen molar-refractivity contribution in [3.8, 4) is 11.5 Å². The monoisotopic (exact) mass is 403 g/mol. The number of fused-ring (bicyclic) bond motifs is 1. The number of pyridine rings is 1. The first-order valence-corrected chi connectivity index (χ1v) is 10.4. The first-order chi connectivity index (χ1) is 14.4. The molecule has 3 rings (SSSR count). The van der Waals surface area contributed by atoms with Crippen LogP contribution in [0.1, 0.15) is 48.0 Å². The van der Waals surface area contributed by atoms with Crippen molar-refractivity contribution in [3.05, 3.63) is 70.9 Å². The summed E-state index contributed by atoms with van der Waals surface area (Å²) in [6, 6.07) is 13.7. The third-order valence-corrected chi connectivity index (χ3v) is 4.97. The Kier molecular flexibility index (Phi) is 6.88. The molecule has 0 spiro atoms. The Labute approximate surface area is 178 Å². The Balaban J connectivity index is 1.90. The summed E-state index contributed by atoms with van der Waals surface area (Å²) in [5.74, 6) is 1.75. The number of rotatable bonds is 8. The molecule has 4 heteroatoms. The van der Waals surface area contributed by atoms with Crippen LogP contribution in [-0.2, 0) is 6.42 Å². The topological polar surface area (TPSA) is 48.4 Å². The second kappa shape index (κ2) is 9.57. The highest BCUT2D eigenvalue weighted by Gasteiger charge is 2.16. The van der Waals surface area contributed by atoms with Gasteiger partial charge in [-0.05, 0) is 54.7 Å². The number of para-hydroxylation sites is 1. The number of ether oxygens (including phenoxy) is 2. The molecular weight excluding hydrogens is 374 g/mol. The number of hydrogen-bond donors (Lipinski definition) is 0. The lowest BCUT2D eigenvalue weighted by Gasteiger charge is -2.13. The van der Waals surface area contributed by atoms with Crippen LogP contribution in [0.25, 0.3) is 17.0 Å². The van der Waals surface area contributed by atoms with Crippen LogP contribution < -0.4 is 9.47 Å². The van der Waals surface area contributed by atoms with Crippen molar-refractivity contribution in [3.63, 3.8) is 0 Å². The molecule has 156 valence electrons. The third kappa shape index (κ3) is 4.70. The molecule has 0 aliphatic rings. The van der Waals surface area contributed by atoms with Crippen molar-refractivity contribution in [1.29, 1.82) is 0 Å². The lowest BCUT2D eigenvalue weighted by atomic mass is 9.95. The number of aromatic nitrogens is 1. The van der Waals surface area contributed by atoms with E-state index < -0.39 is 0 Å². The molecule has 0 fully saturated rings. The number of carbonyl (C=O) groups is 1. The summed E-state index contributed by atoms with van der Waals surface area (Å²) in [7, 11) is 1.62. The van der Waals surface area contributed by atoms with E-state index in [4.69, 9.17) is 9.47 Å². The van der Waals surface area contributed by atoms with Crippen molar-refractivity contribution in [2.45, 2.75) is 34.1 Å². The molecule has 0 saturated carbocycles. The highest BCUT2D eigenvalue weighted by Crippen LogP contribution is 2.29. The van der Waals surface area contributed by atoms with E-state index in [2.05, 4.69) is 25.8 Å². The lowest BCUT2D eigenvalue weighted by molar-refractivity contribution is 0.104. The molecule has 0 atom stereocenters. The van der Waals surface area contributed by atoms with Gasteiger partial charge in [-0.2, -0.15) is 0 Å². The van der Waals surface area contributed by atoms with Gasteiger partial charge in [0.15, 0.2) is 17.3 Å². The third-order valence-electron chi connectivity index (χ3n) is 4.97. The largest absolute Gasteiger partial charge is 0.493 e. The van der Waals surface area contributed by atoms with E-state index in [1.54, 1.807) is 13.2 Å². The molecule has 1 heterocycles. The number of methoxy groups -OCH3 is 1. The fourth-order valence-corrected chi connectivity index (χ4v) is 3.53. The minimum Gasteiger partial charge on any atom is -0.493 e. The maximum Gasteiger partial charge on any atom is 0.187 e. The lowest BCUT2D eigenvalue weighted by Crippen LogP contribution is -2.07. The molecule has 0 aliphatic heterocycles. The fourth-order valence-electron chi connectivity index (χ4n) is 3.53. The van der Waals surface area contributed by atoms with Gasteiger partial charge in [0, 0.05) is 16.6 Å². The fraction of sp³-hybridized carbons (Fsp3) is 0.308. The van der Waals surface area contributed by atoms with E-state index in [0.29, 0.717) is 29.6 Å². The van der Waals surface area contributed by atoms with Crippen LogP contribution in [0.3, 0.4) is 0 Å². The number of benzene rings is 2. The number of ketones is 1. The molecule has 0 radical (unpaired) electrons. The van der Waals surface area contributed by atoms with Gasteiger partial charge in [-0.3, -0.25) is 9.78 Å². The number of hydrogen-bond acceptors (Lipinski definition) is 4. The Morgan fingerprint density at radius 3 is 2.60 bits per heavy atom. The minimum absolute atomic E-state index is 0.0401. The second-order valence-corrected chi connectivity index (χ2v) is 7.73. The first-order valence-electron chi connectivity index (χ1n) is 10.4. The summed E-state index contributed by atoms with van der Waals surface area (Å²) in [6.07, 6.45) is 4.20. The Hall–Kier alpha value is -3.14. The number of aryl methyl sites for hydroxylation is 2. The number of carbonyl (C=O) groups excluding carboxylic acids is 1. The predicted octanol–water partition coefficient (Wildman–Crippen LogP) is 6.05. The van der Waals surface area contributed by atoms with Crippen LogP contribution >= 0.6 is 0 Å². The molecule has 0 saturated heterocycles. The molecule has 0 N–H and O–H groups in total. The van der Waals surface area contributed by atoms with Crippen molar-refractivity contribution in [1.82, 2.24) is 4.98 Å². The van der Waals surface area contributed by atoms with E-state index in [9.17, 15) is 4.79 Å². The van der Waals surface area contributed by atoms with Gasteiger partial charge < -0.3 is 9.47 Å². The van der Waals surface area contributed by atoms with Crippen LogP contribution in [0.15, 0.2) is 48.5 Å². The van der Waals surface area contributed by atoms with E-state index in [-0.39, 0.29) is 5.78 Å². The molecule has 4 nitrogen and oxygen atoms in total. The van der Waals surface area contributed by atoms with Gasteiger partial charge in [0.1, 0.15) is 0 Å². The Morgan fingerprint density at radius 2 is 1.90 bits per heavy atom. The van der Waals surface area contributed by atoms with E-state index in [1.807, 2.05) is 55.5 Å². The normalized spacial score (nSPS) is 11.4. The van der Waals surface area contributed by atoms with Gasteiger partial charge in [-0.25, -0.2) is 0 Å². The summed E-state index contributed by atoms with van der Waals surface area (Å²) in [5, 5.41) is 1.04. The summed E-state index contributed by atoms with van der Waals surface area (Å²) in [5.41, 5.74) is 4.30. The molecule has 30 heavy (non-hydrogen) atoms. The van der Waals surface area contributed by atoms with Crippen molar-refractivity contribution < 1.29 is 14.3 Å². The highest BCUT2D eigenvalue weighted by molar-refractivity contribution is 6.10. The van der Waals surface area contributed by atoms with Gasteiger partial charge in [0.2, 0.25) is 0 Å². The molecule has 2 aromatic carbocycles. The molecule has 0 amide bonds. The second-order valence-electron chi connectivity index (χ2n) is 7.73. The standard InChI is InChI=1S/C26H29NO3/c1-6-20-21-9-7-8-10-22(21)27-18(4)26(20)23(28)13-11-19-12-14-24(25(15-19)29-5)30-16-17(2)3/h7-15,17H,6,16H2,1-5H3/b13-11+. The van der Waals surface area contributed by atoms with Crippen LogP contribution in [0.2, 0.25) is 0 Å². The Bertz CT molecular complexity index is 1080. The van der Waals surface area contributed by atoms with Crippen molar-refractivity contribution >= 4 is 22.8 Å². The first kappa shape index (κ1) is 21.6. The van der Waals surface area contributed by atoms with Gasteiger partial charge in [0.25, 0.3) is 0 Å². The molecule has 3 aromatic rings. The van der Waals surface area contributed by atoms with Gasteiger partial charge in [-0.1, -0.05) is 51.1 Å². The van der Waals surface area contributed by atoms with E-state index in [1.165, 1.54) is 0 Å². The molecule has 0 unspecified atom stereocenters. The predicted molar refractivity (Wildman–Crippen MR) is 123 cm³/mol. The number of allylic oxidation sites excluding steroid dienone is 1. The van der Waals surface area contributed by atoms with Gasteiger partial charge in [-0.15, -0.1) is 0 Å². The average Bonchev–Trinajstić information content (AvgIpc) is 2.75. The van der Waals surface area contributed by atoms with Crippen molar-refractivity contribution in [2.24, 2.45) is 5.92 Å². The van der Waals surface area contributed by atoms with Crippen LogP contribution in [-0.4, -0.2) is 24.5 Å². The average molecular weight is 404 g/mol. The smallest absolute Gasteiger partial charge is 0.187 e. The van der Waals surface area contributed by atoms with Gasteiger partial charge >= 0.3 is 0 Å². The van der Waals surface area contributed by atoms with Crippen LogP contribution in [0.4, 0.5) is 0 Å². The van der Waals surface area contributed by atoms with Gasteiger partial charge in [0.05, 0.1) is 19.2 Å². The summed E-state index contributed by atoms with van der Waals surface area (Å²) < 4.78 is 11.3. The Morgan fingerprint density at radius 1 is 1.13 bits per heavy atom. The zero-order valence-electron chi connectivity index (χ0n) is 18.4. The zero-order chi connectivity index (χ0) is 21.7. The van der Waals surface area contributed by atoms with E-state index in [0.717, 1.165) is 34.1 Å². The number of nitrogens with zero attached hydrogens (tertiary/aromatic N) is 1. The molecule has 0 aliphatic carbocycles. The summed E-state index contributed by atoms with van der Waals surface area (Å²) in [4.78, 5) is 17.7. The maximum atomic E-state index is 13.1. The minimum atomic E-state index is -0.0401. The molecule has 1 aromatic heterocycles. The van der Waals surface area contributed by atoms with Crippen LogP contribution in [0, 0.1) is 12.8 Å². The zero-order valence-corrected chi connectivity index (χ0v) is 18.4. The summed E-state index contributed by atoms with van der Waals surface area (Å²) in [6.45, 7) is 8.80. The molecular formula is C26H29NO3. The molecule has 0 bridgehead atoms. The summed E-state index contributed by atoms with van der Waals surface area (Å²) >= 11 is 0. The van der Waals surface area contributed by atoms with Crippen LogP contribution in [0.5, 0.6) is 11.5 Å². The van der Waals surface area contributed by atoms with Crippen molar-refractivity contribution in [2.75, 3.05) is 13.7 Å². The quantitative estimate of drug-likeness (QED) is 0.340. The maximum absolute atomic E-state index is 13.1.